The number of nitrogens with one attached hydrogen (secondary N) is 1. The Kier molecular flexibility index (Phi) is 4.11. The Balaban J connectivity index is 1.86. The highest BCUT2D eigenvalue weighted by molar-refractivity contribution is 8.15. The maximum atomic E-state index is 11.8. The Labute approximate surface area is 136 Å². The van der Waals surface area contributed by atoms with Crippen LogP contribution < -0.4 is 9.80 Å². The molecule has 2 aliphatic rings. The van der Waals surface area contributed by atoms with Gasteiger partial charge in [-0.05, 0) is 38.1 Å². The van der Waals surface area contributed by atoms with Crippen LogP contribution in [-0.4, -0.2) is 49.5 Å². The average molecular weight is 339 g/mol. The molecule has 0 amide bonds. The molecule has 2 aliphatic heterocycles. The molecule has 2 fully saturated rings. The van der Waals surface area contributed by atoms with Crippen LogP contribution in [-0.2, 0) is 9.84 Å². The van der Waals surface area contributed by atoms with E-state index in [2.05, 4.69) is 30.9 Å². The number of nitrogens with zero attached hydrogens (tertiary/aromatic N) is 2. The molecule has 5 nitrogen and oxygen atoms in total. The van der Waals surface area contributed by atoms with Gasteiger partial charge in [0.05, 0.1) is 17.5 Å². The van der Waals surface area contributed by atoms with Crippen molar-refractivity contribution in [3.8, 4) is 0 Å². The fraction of sp³-hybridized carbons (Fsp3) is 0.533. The number of rotatable bonds is 4. The van der Waals surface area contributed by atoms with Crippen molar-refractivity contribution >= 4 is 38.1 Å². The highest BCUT2D eigenvalue weighted by atomic mass is 32.2. The number of anilines is 2. The van der Waals surface area contributed by atoms with Crippen LogP contribution in [0.5, 0.6) is 0 Å². The number of amidine groups is 1. The molecule has 2 saturated heterocycles. The van der Waals surface area contributed by atoms with Crippen molar-refractivity contribution in [2.45, 2.75) is 25.1 Å². The number of fused-ring (bicyclic) bond motifs is 1. The molecule has 0 spiro atoms. The van der Waals surface area contributed by atoms with E-state index in [1.54, 1.807) is 0 Å². The van der Waals surface area contributed by atoms with Crippen molar-refractivity contribution in [3.63, 3.8) is 0 Å². The van der Waals surface area contributed by atoms with Crippen molar-refractivity contribution in [1.82, 2.24) is 0 Å². The molecule has 0 radical (unpaired) electrons. The van der Waals surface area contributed by atoms with E-state index >= 15 is 0 Å². The second kappa shape index (κ2) is 5.77. The third kappa shape index (κ3) is 2.72. The molecule has 0 aromatic heterocycles. The van der Waals surface area contributed by atoms with Crippen molar-refractivity contribution in [1.29, 1.82) is 5.41 Å². The molecule has 1 aromatic carbocycles. The van der Waals surface area contributed by atoms with Gasteiger partial charge in [-0.2, -0.15) is 0 Å². The number of sulfone groups is 1. The van der Waals surface area contributed by atoms with Crippen LogP contribution >= 0.6 is 11.8 Å². The molecular formula is C15H21N3O2S2. The third-order valence-corrected chi connectivity index (χ3v) is 7.47. The van der Waals surface area contributed by atoms with E-state index in [4.69, 9.17) is 5.41 Å². The maximum Gasteiger partial charge on any atom is 0.161 e. The molecule has 2 atom stereocenters. The van der Waals surface area contributed by atoms with Crippen LogP contribution in [0, 0.1) is 5.41 Å². The highest BCUT2D eigenvalue weighted by Crippen LogP contribution is 2.40. The predicted octanol–water partition coefficient (Wildman–Crippen LogP) is 2.19. The lowest BCUT2D eigenvalue weighted by Gasteiger charge is -2.26. The Morgan fingerprint density at radius 3 is 2.45 bits per heavy atom. The van der Waals surface area contributed by atoms with Gasteiger partial charge in [-0.1, -0.05) is 11.8 Å². The molecule has 7 heteroatoms. The standard InChI is InChI=1S/C15H21N3O2S2/c1-3-17(4-2)11-5-7-12(8-6-11)18-13-9-22(19,20)10-14(13)21-15(18)16/h5-8,13-14,16H,3-4,9-10H2,1-2H3/t13-,14+/m1/s1. The third-order valence-electron chi connectivity index (χ3n) is 4.34. The zero-order valence-corrected chi connectivity index (χ0v) is 14.5. The monoisotopic (exact) mass is 339 g/mol. The van der Waals surface area contributed by atoms with Crippen molar-refractivity contribution in [2.75, 3.05) is 34.4 Å². The minimum absolute atomic E-state index is 0.0000383. The van der Waals surface area contributed by atoms with Crippen molar-refractivity contribution in [3.05, 3.63) is 24.3 Å². The summed E-state index contributed by atoms with van der Waals surface area (Å²) < 4.78 is 23.7. The maximum absolute atomic E-state index is 11.8. The highest BCUT2D eigenvalue weighted by Gasteiger charge is 2.48. The van der Waals surface area contributed by atoms with Gasteiger partial charge in [-0.3, -0.25) is 5.41 Å². The fourth-order valence-electron chi connectivity index (χ4n) is 3.22. The van der Waals surface area contributed by atoms with Crippen molar-refractivity contribution < 1.29 is 8.42 Å². The first kappa shape index (κ1) is 15.7. The zero-order chi connectivity index (χ0) is 15.9. The van der Waals surface area contributed by atoms with E-state index in [1.165, 1.54) is 11.8 Å². The van der Waals surface area contributed by atoms with E-state index < -0.39 is 9.84 Å². The topological polar surface area (TPSA) is 64.5 Å². The van der Waals surface area contributed by atoms with Gasteiger partial charge in [0, 0.05) is 29.7 Å². The van der Waals surface area contributed by atoms with Gasteiger partial charge < -0.3 is 9.80 Å². The average Bonchev–Trinajstić information content (AvgIpc) is 2.91. The summed E-state index contributed by atoms with van der Waals surface area (Å²) in [6.45, 7) is 6.15. The zero-order valence-electron chi connectivity index (χ0n) is 12.8. The number of thioether (sulfide) groups is 1. The molecule has 0 aliphatic carbocycles. The van der Waals surface area contributed by atoms with Crippen LogP contribution in [0.15, 0.2) is 24.3 Å². The first-order valence-electron chi connectivity index (χ1n) is 7.55. The fourth-order valence-corrected chi connectivity index (χ4v) is 7.02. The van der Waals surface area contributed by atoms with Crippen LogP contribution in [0.3, 0.4) is 0 Å². The minimum Gasteiger partial charge on any atom is -0.372 e. The second-order valence-electron chi connectivity index (χ2n) is 5.66. The Hall–Kier alpha value is -1.21. The molecule has 0 saturated carbocycles. The van der Waals surface area contributed by atoms with Gasteiger partial charge in [0.15, 0.2) is 15.0 Å². The molecule has 2 heterocycles. The number of hydrogen-bond donors (Lipinski definition) is 1. The van der Waals surface area contributed by atoms with Gasteiger partial charge in [-0.15, -0.1) is 0 Å². The van der Waals surface area contributed by atoms with E-state index in [-0.39, 0.29) is 22.8 Å². The Bertz CT molecular complexity index is 669. The van der Waals surface area contributed by atoms with Gasteiger partial charge in [-0.25, -0.2) is 8.42 Å². The van der Waals surface area contributed by atoms with Gasteiger partial charge in [0.1, 0.15) is 0 Å². The lowest BCUT2D eigenvalue weighted by Crippen LogP contribution is -2.37. The van der Waals surface area contributed by atoms with E-state index in [9.17, 15) is 8.42 Å². The molecule has 1 aromatic rings. The van der Waals surface area contributed by atoms with E-state index in [0.29, 0.717) is 5.17 Å². The van der Waals surface area contributed by atoms with Crippen molar-refractivity contribution in [2.24, 2.45) is 0 Å². The molecular weight excluding hydrogens is 318 g/mol. The summed E-state index contributed by atoms with van der Waals surface area (Å²) in [5, 5.41) is 8.62. The molecule has 120 valence electrons. The first-order valence-corrected chi connectivity index (χ1v) is 10.2. The smallest absolute Gasteiger partial charge is 0.161 e. The molecule has 22 heavy (non-hydrogen) atoms. The predicted molar refractivity (Wildman–Crippen MR) is 94.0 cm³/mol. The number of hydrogen-bond acceptors (Lipinski definition) is 5. The molecule has 0 bridgehead atoms. The van der Waals surface area contributed by atoms with Crippen LogP contribution in [0.25, 0.3) is 0 Å². The van der Waals surface area contributed by atoms with E-state index in [1.807, 2.05) is 17.0 Å². The molecule has 1 N–H and O–H groups in total. The quantitative estimate of drug-likeness (QED) is 0.911. The normalized spacial score (nSPS) is 26.3. The van der Waals surface area contributed by atoms with Crippen LogP contribution in [0.1, 0.15) is 13.8 Å². The van der Waals surface area contributed by atoms with Gasteiger partial charge in [0.25, 0.3) is 0 Å². The lowest BCUT2D eigenvalue weighted by molar-refractivity contribution is 0.601. The first-order chi connectivity index (χ1) is 10.4. The summed E-state index contributed by atoms with van der Waals surface area (Å²) in [6, 6.07) is 8.00. The van der Waals surface area contributed by atoms with E-state index in [0.717, 1.165) is 24.5 Å². The molecule has 0 unspecified atom stereocenters. The summed E-state index contributed by atoms with van der Waals surface area (Å²) in [5.74, 6) is 0.351. The largest absolute Gasteiger partial charge is 0.372 e. The SMILES string of the molecule is CCN(CC)c1ccc(N2C(=N)S[C@H]3CS(=O)(=O)C[C@H]32)cc1. The van der Waals surface area contributed by atoms with Gasteiger partial charge >= 0.3 is 0 Å². The Morgan fingerprint density at radius 2 is 1.86 bits per heavy atom. The summed E-state index contributed by atoms with van der Waals surface area (Å²) in [5.41, 5.74) is 2.07. The summed E-state index contributed by atoms with van der Waals surface area (Å²) in [7, 11) is -2.97. The molecule has 3 rings (SSSR count). The minimum atomic E-state index is -2.97. The number of benzene rings is 1. The van der Waals surface area contributed by atoms with Crippen LogP contribution in [0.4, 0.5) is 11.4 Å². The summed E-state index contributed by atoms with van der Waals surface area (Å²) >= 11 is 1.38. The van der Waals surface area contributed by atoms with Gasteiger partial charge in [0.2, 0.25) is 0 Å². The second-order valence-corrected chi connectivity index (χ2v) is 9.05. The summed E-state index contributed by atoms with van der Waals surface area (Å²) in [4.78, 5) is 4.14. The lowest BCUT2D eigenvalue weighted by atomic mass is 10.2. The van der Waals surface area contributed by atoms with Crippen LogP contribution in [0.2, 0.25) is 0 Å². The summed E-state index contributed by atoms with van der Waals surface area (Å²) in [6.07, 6.45) is 0. The Morgan fingerprint density at radius 1 is 1.23 bits per heavy atom.